The summed E-state index contributed by atoms with van der Waals surface area (Å²) in [7, 11) is 0. The summed E-state index contributed by atoms with van der Waals surface area (Å²) in [4.78, 5) is 36.9. The van der Waals surface area contributed by atoms with Crippen LogP contribution in [0.2, 0.25) is 0 Å². The maximum absolute atomic E-state index is 13.1. The van der Waals surface area contributed by atoms with Crippen LogP contribution >= 0.6 is 0 Å². The van der Waals surface area contributed by atoms with E-state index in [1.807, 2.05) is 23.2 Å². The largest absolute Gasteiger partial charge is 0.369 e. The van der Waals surface area contributed by atoms with E-state index >= 15 is 0 Å². The molecule has 0 spiro atoms. The van der Waals surface area contributed by atoms with Crippen LogP contribution < -0.4 is 10.2 Å². The molecule has 2 aromatic rings. The second kappa shape index (κ2) is 10.6. The molecule has 1 aromatic heterocycles. The van der Waals surface area contributed by atoms with Gasteiger partial charge in [0.25, 0.3) is 0 Å². The summed E-state index contributed by atoms with van der Waals surface area (Å²) < 4.78 is 0. The Morgan fingerprint density at radius 3 is 2.56 bits per heavy atom. The summed E-state index contributed by atoms with van der Waals surface area (Å²) in [5.74, 6) is 0.325. The zero-order valence-electron chi connectivity index (χ0n) is 19.9. The molecule has 5 rings (SSSR count). The number of nitrogens with one attached hydrogen (secondary N) is 1. The van der Waals surface area contributed by atoms with Crippen LogP contribution in [0.4, 0.5) is 5.69 Å². The van der Waals surface area contributed by atoms with E-state index in [1.165, 1.54) is 11.3 Å². The molecule has 1 N–H and O–H groups in total. The van der Waals surface area contributed by atoms with Gasteiger partial charge in [-0.1, -0.05) is 24.3 Å². The molecule has 2 fully saturated rings. The molecule has 0 bridgehead atoms. The number of carbonyl (C=O) groups is 2. The van der Waals surface area contributed by atoms with Crippen LogP contribution in [-0.4, -0.2) is 72.4 Å². The summed E-state index contributed by atoms with van der Waals surface area (Å²) in [5.41, 5.74) is 3.76. The molecule has 34 heavy (non-hydrogen) atoms. The molecule has 0 saturated carbocycles. The Kier molecular flexibility index (Phi) is 7.09. The number of nitrogens with zero attached hydrogens (tertiary/aromatic N) is 4. The van der Waals surface area contributed by atoms with Crippen molar-refractivity contribution in [1.82, 2.24) is 20.1 Å². The first-order chi connectivity index (χ1) is 16.7. The molecule has 2 amide bonds. The number of piperidine rings is 1. The van der Waals surface area contributed by atoms with Gasteiger partial charge in [0.15, 0.2) is 0 Å². The maximum atomic E-state index is 13.1. The van der Waals surface area contributed by atoms with Crippen molar-refractivity contribution < 1.29 is 9.59 Å². The molecule has 3 aliphatic heterocycles. The van der Waals surface area contributed by atoms with Crippen LogP contribution in [0, 0.1) is 11.8 Å². The van der Waals surface area contributed by atoms with Gasteiger partial charge in [0.1, 0.15) is 0 Å². The third-order valence-electron chi connectivity index (χ3n) is 7.58. The third-order valence-corrected chi connectivity index (χ3v) is 7.58. The molecular formula is C27H35N5O2. The minimum absolute atomic E-state index is 0.0806. The maximum Gasteiger partial charge on any atom is 0.225 e. The van der Waals surface area contributed by atoms with Crippen molar-refractivity contribution in [2.75, 3.05) is 50.7 Å². The van der Waals surface area contributed by atoms with Gasteiger partial charge in [-0.15, -0.1) is 0 Å². The summed E-state index contributed by atoms with van der Waals surface area (Å²) >= 11 is 0. The zero-order valence-corrected chi connectivity index (χ0v) is 19.9. The SMILES string of the molecule is O=C(NCCN1CCc2ccccc21)C1CCN(C(=O)C2CCN(Cc3ccccn3)CC2)C1. The molecule has 7 nitrogen and oxygen atoms in total. The van der Waals surface area contributed by atoms with Crippen LogP contribution in [0.5, 0.6) is 0 Å². The Labute approximate surface area is 202 Å². The van der Waals surface area contributed by atoms with Crippen molar-refractivity contribution in [1.29, 1.82) is 0 Å². The highest BCUT2D eigenvalue weighted by atomic mass is 16.2. The van der Waals surface area contributed by atoms with E-state index in [1.54, 1.807) is 0 Å². The molecule has 3 aliphatic rings. The lowest BCUT2D eigenvalue weighted by atomic mass is 9.95. The Balaban J connectivity index is 1.03. The fourth-order valence-electron chi connectivity index (χ4n) is 5.59. The summed E-state index contributed by atoms with van der Waals surface area (Å²) in [6, 6.07) is 14.5. The van der Waals surface area contributed by atoms with E-state index in [0.717, 1.165) is 64.1 Å². The van der Waals surface area contributed by atoms with Crippen molar-refractivity contribution in [3.63, 3.8) is 0 Å². The standard InChI is InChI=1S/C27H35N5O2/c33-26(29-13-18-31-16-10-21-5-1-2-7-25(21)31)23-11-17-32(19-23)27(34)22-8-14-30(15-9-22)20-24-6-3-4-12-28-24/h1-7,12,22-23H,8-11,13-20H2,(H,29,33). The van der Waals surface area contributed by atoms with Crippen LogP contribution in [0.25, 0.3) is 0 Å². The lowest BCUT2D eigenvalue weighted by Crippen LogP contribution is -2.42. The number of fused-ring (bicyclic) bond motifs is 1. The first-order valence-electron chi connectivity index (χ1n) is 12.7. The first kappa shape index (κ1) is 22.8. The fraction of sp³-hybridized carbons (Fsp3) is 0.519. The zero-order chi connectivity index (χ0) is 23.3. The molecule has 1 aromatic carbocycles. The van der Waals surface area contributed by atoms with E-state index in [-0.39, 0.29) is 23.7 Å². The Bertz CT molecular complexity index is 990. The van der Waals surface area contributed by atoms with E-state index in [2.05, 4.69) is 50.4 Å². The second-order valence-electron chi connectivity index (χ2n) is 9.80. The fourth-order valence-corrected chi connectivity index (χ4v) is 5.59. The number of para-hydroxylation sites is 1. The molecule has 1 atom stereocenters. The van der Waals surface area contributed by atoms with E-state index < -0.39 is 0 Å². The topological polar surface area (TPSA) is 68.8 Å². The Hall–Kier alpha value is -2.93. The van der Waals surface area contributed by atoms with Gasteiger partial charge in [-0.25, -0.2) is 0 Å². The van der Waals surface area contributed by atoms with Crippen LogP contribution in [-0.2, 0) is 22.6 Å². The summed E-state index contributed by atoms with van der Waals surface area (Å²) in [5, 5.41) is 3.12. The summed E-state index contributed by atoms with van der Waals surface area (Å²) in [6.45, 7) is 6.44. The molecule has 180 valence electrons. The number of hydrogen-bond acceptors (Lipinski definition) is 5. The van der Waals surface area contributed by atoms with Gasteiger partial charge in [0.05, 0.1) is 11.6 Å². The van der Waals surface area contributed by atoms with Crippen LogP contribution in [0.15, 0.2) is 48.7 Å². The lowest BCUT2D eigenvalue weighted by molar-refractivity contribution is -0.136. The van der Waals surface area contributed by atoms with Crippen LogP contribution in [0.3, 0.4) is 0 Å². The third kappa shape index (κ3) is 5.25. The van der Waals surface area contributed by atoms with Gasteiger partial charge in [0.2, 0.25) is 11.8 Å². The normalized spacial score (nSPS) is 21.0. The predicted octanol–water partition coefficient (Wildman–Crippen LogP) is 2.32. The molecule has 0 aliphatic carbocycles. The number of amides is 2. The molecule has 7 heteroatoms. The van der Waals surface area contributed by atoms with E-state index in [9.17, 15) is 9.59 Å². The monoisotopic (exact) mass is 461 g/mol. The number of pyridine rings is 1. The predicted molar refractivity (Wildman–Crippen MR) is 132 cm³/mol. The van der Waals surface area contributed by atoms with Gasteiger partial charge in [-0.2, -0.15) is 0 Å². The Morgan fingerprint density at radius 1 is 0.941 bits per heavy atom. The highest BCUT2D eigenvalue weighted by molar-refractivity contribution is 5.83. The van der Waals surface area contributed by atoms with Gasteiger partial charge < -0.3 is 15.1 Å². The highest BCUT2D eigenvalue weighted by Crippen LogP contribution is 2.27. The second-order valence-corrected chi connectivity index (χ2v) is 9.80. The van der Waals surface area contributed by atoms with Gasteiger partial charge in [-0.3, -0.25) is 19.5 Å². The molecule has 0 radical (unpaired) electrons. The molecule has 4 heterocycles. The number of anilines is 1. The molecule has 1 unspecified atom stereocenters. The Morgan fingerprint density at radius 2 is 1.74 bits per heavy atom. The smallest absolute Gasteiger partial charge is 0.225 e. The minimum Gasteiger partial charge on any atom is -0.369 e. The van der Waals surface area contributed by atoms with Crippen LogP contribution in [0.1, 0.15) is 30.5 Å². The number of carbonyl (C=O) groups excluding carboxylic acids is 2. The highest BCUT2D eigenvalue weighted by Gasteiger charge is 2.35. The number of hydrogen-bond donors (Lipinski definition) is 1. The van der Waals surface area contributed by atoms with Gasteiger partial charge >= 0.3 is 0 Å². The van der Waals surface area contributed by atoms with E-state index in [4.69, 9.17) is 0 Å². The minimum atomic E-state index is -0.0842. The number of rotatable bonds is 7. The number of aromatic nitrogens is 1. The molecule has 2 saturated heterocycles. The van der Waals surface area contributed by atoms with Crippen molar-refractivity contribution in [2.45, 2.75) is 32.2 Å². The average molecular weight is 462 g/mol. The van der Waals surface area contributed by atoms with E-state index in [0.29, 0.717) is 19.6 Å². The van der Waals surface area contributed by atoms with Gasteiger partial charge in [-0.05, 0) is 62.5 Å². The van der Waals surface area contributed by atoms with Crippen molar-refractivity contribution in [3.05, 3.63) is 59.9 Å². The quantitative estimate of drug-likeness (QED) is 0.686. The average Bonchev–Trinajstić information content (AvgIpc) is 3.53. The van der Waals surface area contributed by atoms with Crippen molar-refractivity contribution >= 4 is 17.5 Å². The van der Waals surface area contributed by atoms with Gasteiger partial charge in [0, 0.05) is 57.1 Å². The lowest BCUT2D eigenvalue weighted by Gasteiger charge is -2.33. The summed E-state index contributed by atoms with van der Waals surface area (Å²) in [6.07, 6.45) is 5.44. The first-order valence-corrected chi connectivity index (χ1v) is 12.7. The van der Waals surface area contributed by atoms with Crippen molar-refractivity contribution in [2.24, 2.45) is 11.8 Å². The van der Waals surface area contributed by atoms with Crippen molar-refractivity contribution in [3.8, 4) is 0 Å². The molecular weight excluding hydrogens is 426 g/mol. The number of likely N-dealkylation sites (tertiary alicyclic amines) is 2. The number of benzene rings is 1.